The first-order valence-electron chi connectivity index (χ1n) is 11.3. The zero-order valence-corrected chi connectivity index (χ0v) is 21.9. The fraction of sp³-hybridized carbons (Fsp3) is 0.192. The molecule has 0 saturated carbocycles. The SMILES string of the molecule is COc1cccc(CSc2nnc(CNC(=O)Nc3cccc(C(F)(F)F)c3)n2-c2cc(Cl)ccc2C)c1. The first-order chi connectivity index (χ1) is 18.1. The van der Waals surface area contributed by atoms with Crippen molar-refractivity contribution in [2.24, 2.45) is 0 Å². The predicted octanol–water partition coefficient (Wildman–Crippen LogP) is 6.87. The molecule has 0 aliphatic heterocycles. The monoisotopic (exact) mass is 561 g/mol. The number of aromatic nitrogens is 3. The predicted molar refractivity (Wildman–Crippen MR) is 141 cm³/mol. The minimum atomic E-state index is -4.52. The Balaban J connectivity index is 1.54. The van der Waals surface area contributed by atoms with Crippen LogP contribution in [-0.4, -0.2) is 27.9 Å². The van der Waals surface area contributed by atoms with Gasteiger partial charge in [0.2, 0.25) is 0 Å². The molecule has 38 heavy (non-hydrogen) atoms. The van der Waals surface area contributed by atoms with Crippen LogP contribution in [0.1, 0.15) is 22.5 Å². The Bertz CT molecular complexity index is 1440. The quantitative estimate of drug-likeness (QED) is 0.229. The number of hydrogen-bond acceptors (Lipinski definition) is 5. The van der Waals surface area contributed by atoms with Gasteiger partial charge < -0.3 is 15.4 Å². The first kappa shape index (κ1) is 27.3. The van der Waals surface area contributed by atoms with Crippen molar-refractivity contribution < 1.29 is 22.7 Å². The van der Waals surface area contributed by atoms with Crippen LogP contribution in [0.15, 0.2) is 71.9 Å². The lowest BCUT2D eigenvalue weighted by Gasteiger charge is -2.14. The van der Waals surface area contributed by atoms with Gasteiger partial charge in [0.1, 0.15) is 5.75 Å². The minimum Gasteiger partial charge on any atom is -0.497 e. The van der Waals surface area contributed by atoms with Gasteiger partial charge in [-0.25, -0.2) is 4.79 Å². The Hall–Kier alpha value is -3.70. The summed E-state index contributed by atoms with van der Waals surface area (Å²) in [6, 6.07) is 16.8. The standard InChI is InChI=1S/C26H23ClF3N5O2S/c1-16-9-10-19(27)13-22(16)35-23(33-34-25(35)38-15-17-5-3-8-21(11-17)37-2)14-31-24(36)32-20-7-4-6-18(12-20)26(28,29)30/h3-13H,14-15H2,1-2H3,(H2,31,32,36). The summed E-state index contributed by atoms with van der Waals surface area (Å²) in [5.41, 5.74) is 1.83. The molecule has 0 spiro atoms. The summed E-state index contributed by atoms with van der Waals surface area (Å²) in [6.07, 6.45) is -4.52. The molecule has 1 aromatic heterocycles. The third-order valence-electron chi connectivity index (χ3n) is 5.47. The van der Waals surface area contributed by atoms with Gasteiger partial charge in [-0.1, -0.05) is 47.6 Å². The van der Waals surface area contributed by atoms with Gasteiger partial charge in [-0.05, 0) is 60.5 Å². The number of carbonyl (C=O) groups excluding carboxylic acids is 1. The van der Waals surface area contributed by atoms with Gasteiger partial charge in [0.25, 0.3) is 0 Å². The van der Waals surface area contributed by atoms with E-state index in [1.807, 2.05) is 37.3 Å². The van der Waals surface area contributed by atoms with Crippen molar-refractivity contribution in [1.82, 2.24) is 20.1 Å². The summed E-state index contributed by atoms with van der Waals surface area (Å²) in [7, 11) is 1.60. The lowest BCUT2D eigenvalue weighted by atomic mass is 10.2. The lowest BCUT2D eigenvalue weighted by Crippen LogP contribution is -2.29. The van der Waals surface area contributed by atoms with Gasteiger partial charge in [-0.2, -0.15) is 13.2 Å². The zero-order valence-electron chi connectivity index (χ0n) is 20.3. The van der Waals surface area contributed by atoms with Crippen molar-refractivity contribution in [3.8, 4) is 11.4 Å². The minimum absolute atomic E-state index is 0.0130. The number of aryl methyl sites for hydroxylation is 1. The number of halogens is 4. The van der Waals surface area contributed by atoms with Crippen LogP contribution >= 0.6 is 23.4 Å². The average molecular weight is 562 g/mol. The Morgan fingerprint density at radius 1 is 1.08 bits per heavy atom. The van der Waals surface area contributed by atoms with Gasteiger partial charge in [-0.3, -0.25) is 4.57 Å². The van der Waals surface area contributed by atoms with Crippen LogP contribution in [0.25, 0.3) is 5.69 Å². The first-order valence-corrected chi connectivity index (χ1v) is 12.7. The number of anilines is 1. The highest BCUT2D eigenvalue weighted by Gasteiger charge is 2.30. The molecule has 0 atom stereocenters. The second-order valence-corrected chi connectivity index (χ2v) is 9.57. The summed E-state index contributed by atoms with van der Waals surface area (Å²) in [4.78, 5) is 12.5. The second kappa shape index (κ2) is 11.8. The highest BCUT2D eigenvalue weighted by molar-refractivity contribution is 7.98. The second-order valence-electron chi connectivity index (χ2n) is 8.19. The van der Waals surface area contributed by atoms with Crippen molar-refractivity contribution in [3.05, 3.63) is 94.3 Å². The van der Waals surface area contributed by atoms with Gasteiger partial charge >= 0.3 is 12.2 Å². The molecule has 0 bridgehead atoms. The molecule has 0 saturated heterocycles. The van der Waals surface area contributed by atoms with Crippen LogP contribution in [0.3, 0.4) is 0 Å². The van der Waals surface area contributed by atoms with Gasteiger partial charge in [-0.15, -0.1) is 10.2 Å². The third kappa shape index (κ3) is 6.78. The van der Waals surface area contributed by atoms with Crippen molar-refractivity contribution in [1.29, 1.82) is 0 Å². The van der Waals surface area contributed by atoms with Crippen molar-refractivity contribution in [2.75, 3.05) is 12.4 Å². The van der Waals surface area contributed by atoms with E-state index in [1.165, 1.54) is 23.9 Å². The van der Waals surface area contributed by atoms with E-state index in [2.05, 4.69) is 20.8 Å². The molecule has 3 aromatic carbocycles. The smallest absolute Gasteiger partial charge is 0.416 e. The molecule has 2 amide bonds. The molecule has 4 aromatic rings. The average Bonchev–Trinajstić information content (AvgIpc) is 3.30. The Morgan fingerprint density at radius 2 is 1.87 bits per heavy atom. The number of nitrogens with zero attached hydrogens (tertiary/aromatic N) is 3. The Morgan fingerprint density at radius 3 is 2.63 bits per heavy atom. The van der Waals surface area contributed by atoms with E-state index in [-0.39, 0.29) is 12.2 Å². The molecule has 4 rings (SSSR count). The molecule has 0 radical (unpaired) electrons. The molecular formula is C26H23ClF3N5O2S. The highest BCUT2D eigenvalue weighted by Crippen LogP contribution is 2.31. The highest BCUT2D eigenvalue weighted by atomic mass is 35.5. The fourth-order valence-corrected chi connectivity index (χ4v) is 4.66. The molecular weight excluding hydrogens is 539 g/mol. The molecule has 7 nitrogen and oxygen atoms in total. The van der Waals surface area contributed by atoms with Gasteiger partial charge in [0.05, 0.1) is 24.9 Å². The van der Waals surface area contributed by atoms with E-state index in [9.17, 15) is 18.0 Å². The molecule has 0 aliphatic rings. The fourth-order valence-electron chi connectivity index (χ4n) is 3.59. The third-order valence-corrected chi connectivity index (χ3v) is 6.70. The maximum atomic E-state index is 13.0. The summed E-state index contributed by atoms with van der Waals surface area (Å²) in [5, 5.41) is 14.8. The normalized spacial score (nSPS) is 11.3. The Kier molecular flexibility index (Phi) is 8.48. The van der Waals surface area contributed by atoms with E-state index in [1.54, 1.807) is 23.8 Å². The lowest BCUT2D eigenvalue weighted by molar-refractivity contribution is -0.137. The molecule has 0 unspecified atom stereocenters. The van der Waals surface area contributed by atoms with Crippen LogP contribution in [0, 0.1) is 6.92 Å². The number of alkyl halides is 3. The van der Waals surface area contributed by atoms with E-state index < -0.39 is 17.8 Å². The van der Waals surface area contributed by atoms with Crippen LogP contribution in [0.2, 0.25) is 5.02 Å². The molecule has 12 heteroatoms. The summed E-state index contributed by atoms with van der Waals surface area (Å²) < 4.78 is 46.1. The van der Waals surface area contributed by atoms with E-state index in [0.717, 1.165) is 34.7 Å². The number of ether oxygens (including phenoxy) is 1. The van der Waals surface area contributed by atoms with Crippen molar-refractivity contribution in [2.45, 2.75) is 30.6 Å². The van der Waals surface area contributed by atoms with Gasteiger partial charge in [0, 0.05) is 16.5 Å². The van der Waals surface area contributed by atoms with E-state index in [0.29, 0.717) is 21.8 Å². The van der Waals surface area contributed by atoms with E-state index >= 15 is 0 Å². The molecule has 1 heterocycles. The summed E-state index contributed by atoms with van der Waals surface area (Å²) in [6.45, 7) is 1.88. The largest absolute Gasteiger partial charge is 0.497 e. The van der Waals surface area contributed by atoms with E-state index in [4.69, 9.17) is 16.3 Å². The molecule has 2 N–H and O–H groups in total. The van der Waals surface area contributed by atoms with Gasteiger partial charge in [0.15, 0.2) is 11.0 Å². The zero-order chi connectivity index (χ0) is 27.3. The molecule has 0 fully saturated rings. The molecule has 0 aliphatic carbocycles. The Labute approximate surface area is 226 Å². The number of amides is 2. The van der Waals surface area contributed by atoms with Crippen molar-refractivity contribution >= 4 is 35.1 Å². The number of benzene rings is 3. The van der Waals surface area contributed by atoms with Crippen LogP contribution < -0.4 is 15.4 Å². The van der Waals surface area contributed by atoms with Crippen LogP contribution in [0.4, 0.5) is 23.7 Å². The maximum absolute atomic E-state index is 13.0. The maximum Gasteiger partial charge on any atom is 0.416 e. The number of methoxy groups -OCH3 is 1. The summed E-state index contributed by atoms with van der Waals surface area (Å²) >= 11 is 7.72. The van der Waals surface area contributed by atoms with Crippen molar-refractivity contribution in [3.63, 3.8) is 0 Å². The van der Waals surface area contributed by atoms with Crippen LogP contribution in [0.5, 0.6) is 5.75 Å². The number of rotatable bonds is 8. The van der Waals surface area contributed by atoms with Crippen LogP contribution in [-0.2, 0) is 18.5 Å². The number of urea groups is 1. The number of hydrogen-bond donors (Lipinski definition) is 2. The summed E-state index contributed by atoms with van der Waals surface area (Å²) in [5.74, 6) is 1.74. The molecule has 198 valence electrons. The number of thioether (sulfide) groups is 1. The number of carbonyl (C=O) groups is 1. The number of nitrogens with one attached hydrogen (secondary N) is 2. The topological polar surface area (TPSA) is 81.1 Å².